The molecule has 0 fully saturated rings. The minimum Gasteiger partial charge on any atom is -0.444 e. The van der Waals surface area contributed by atoms with Gasteiger partial charge in [-0.3, -0.25) is 9.11 Å². The van der Waals surface area contributed by atoms with E-state index in [0.717, 1.165) is 11.1 Å². The molecule has 22 heavy (non-hydrogen) atoms. The highest BCUT2D eigenvalue weighted by atomic mass is 32.3. The summed E-state index contributed by atoms with van der Waals surface area (Å²) in [4.78, 5) is 11.5. The second-order valence-corrected chi connectivity index (χ2v) is 6.17. The highest BCUT2D eigenvalue weighted by Gasteiger charge is 2.15. The molecule has 0 radical (unpaired) electrons. The highest BCUT2D eigenvalue weighted by Crippen LogP contribution is 2.09. The number of rotatable bonds is 3. The molecule has 5 N–H and O–H groups in total. The number of amides is 1. The van der Waals surface area contributed by atoms with Crippen molar-refractivity contribution in [1.29, 1.82) is 0 Å². The second-order valence-electron chi connectivity index (χ2n) is 5.28. The predicted octanol–water partition coefficient (Wildman–Crippen LogP) is 1.76. The van der Waals surface area contributed by atoms with Gasteiger partial charge in [0.2, 0.25) is 0 Å². The molecule has 1 aromatic rings. The van der Waals surface area contributed by atoms with Crippen LogP contribution in [0.5, 0.6) is 0 Å². The molecule has 8 nitrogen and oxygen atoms in total. The van der Waals surface area contributed by atoms with E-state index < -0.39 is 22.1 Å². The zero-order valence-corrected chi connectivity index (χ0v) is 13.6. The van der Waals surface area contributed by atoms with Gasteiger partial charge in [-0.25, -0.2) is 4.79 Å². The molecule has 0 aliphatic heterocycles. The van der Waals surface area contributed by atoms with E-state index in [4.69, 9.17) is 28.0 Å². The van der Waals surface area contributed by atoms with Gasteiger partial charge in [0, 0.05) is 14.5 Å². The molecular formula is C13H24N2O6S. The van der Waals surface area contributed by atoms with Crippen molar-refractivity contribution in [2.24, 2.45) is 5.73 Å². The lowest BCUT2D eigenvalue weighted by Gasteiger charge is -2.20. The number of hydrogen-bond acceptors (Lipinski definition) is 5. The molecule has 1 aromatic carbocycles. The summed E-state index contributed by atoms with van der Waals surface area (Å²) in [5.41, 5.74) is 7.19. The number of carbonyl (C=O) groups excluding carboxylic acids is 1. The SMILES string of the molecule is CC(C)(C)OC(=O)NCc1ccccc1CN.O=S(=O)(O)O.[HH]. The summed E-state index contributed by atoms with van der Waals surface area (Å²) in [6.45, 7) is 6.40. The average molecular weight is 336 g/mol. The first-order chi connectivity index (χ1) is 9.92. The van der Waals surface area contributed by atoms with Gasteiger partial charge in [0.15, 0.2) is 0 Å². The van der Waals surface area contributed by atoms with Crippen LogP contribution in [0, 0.1) is 0 Å². The Labute approximate surface area is 131 Å². The predicted molar refractivity (Wildman–Crippen MR) is 83.7 cm³/mol. The van der Waals surface area contributed by atoms with Crippen molar-refractivity contribution in [3.8, 4) is 0 Å². The number of nitrogens with one attached hydrogen (secondary N) is 1. The lowest BCUT2D eigenvalue weighted by molar-refractivity contribution is 0.0523. The van der Waals surface area contributed by atoms with E-state index in [2.05, 4.69) is 5.32 Å². The van der Waals surface area contributed by atoms with Crippen LogP contribution in [0.15, 0.2) is 24.3 Å². The summed E-state index contributed by atoms with van der Waals surface area (Å²) in [6.07, 6.45) is -0.413. The Morgan fingerprint density at radius 1 is 1.27 bits per heavy atom. The van der Waals surface area contributed by atoms with E-state index in [1.165, 1.54) is 0 Å². The first-order valence-electron chi connectivity index (χ1n) is 6.36. The van der Waals surface area contributed by atoms with Crippen molar-refractivity contribution in [3.63, 3.8) is 0 Å². The van der Waals surface area contributed by atoms with E-state index in [9.17, 15) is 4.79 Å². The molecule has 1 amide bonds. The van der Waals surface area contributed by atoms with Gasteiger partial charge < -0.3 is 15.8 Å². The summed E-state index contributed by atoms with van der Waals surface area (Å²) in [5, 5.41) is 2.71. The first kappa shape index (κ1) is 20.3. The first-order valence-corrected chi connectivity index (χ1v) is 7.75. The Balaban J connectivity index is 0. The maximum atomic E-state index is 11.5. The number of alkyl carbamates (subject to hydrolysis) is 1. The quantitative estimate of drug-likeness (QED) is 0.617. The number of carbonyl (C=O) groups is 1. The third-order valence-electron chi connectivity index (χ3n) is 2.16. The lowest BCUT2D eigenvalue weighted by Crippen LogP contribution is -2.32. The molecule has 0 saturated carbocycles. The topological polar surface area (TPSA) is 139 Å². The van der Waals surface area contributed by atoms with Gasteiger partial charge in [0.05, 0.1) is 0 Å². The Morgan fingerprint density at radius 3 is 2.14 bits per heavy atom. The van der Waals surface area contributed by atoms with Gasteiger partial charge in [-0.05, 0) is 31.9 Å². The molecule has 0 aliphatic carbocycles. The van der Waals surface area contributed by atoms with Gasteiger partial charge in [-0.1, -0.05) is 24.3 Å². The number of ether oxygens (including phenoxy) is 1. The van der Waals surface area contributed by atoms with Crippen molar-refractivity contribution in [3.05, 3.63) is 35.4 Å². The van der Waals surface area contributed by atoms with Crippen LogP contribution in [0.1, 0.15) is 33.3 Å². The van der Waals surface area contributed by atoms with Crippen LogP contribution in [-0.4, -0.2) is 29.2 Å². The monoisotopic (exact) mass is 336 g/mol. The van der Waals surface area contributed by atoms with Gasteiger partial charge in [-0.2, -0.15) is 8.42 Å². The minimum absolute atomic E-state index is 0. The Morgan fingerprint density at radius 2 is 1.73 bits per heavy atom. The van der Waals surface area contributed by atoms with Crippen molar-refractivity contribution in [1.82, 2.24) is 5.32 Å². The van der Waals surface area contributed by atoms with Crippen LogP contribution < -0.4 is 11.1 Å². The molecule has 0 aliphatic rings. The van der Waals surface area contributed by atoms with Gasteiger partial charge >= 0.3 is 16.5 Å². The largest absolute Gasteiger partial charge is 0.444 e. The molecule has 0 spiro atoms. The van der Waals surface area contributed by atoms with Gasteiger partial charge in [-0.15, -0.1) is 0 Å². The summed E-state index contributed by atoms with van der Waals surface area (Å²) in [6, 6.07) is 7.75. The minimum atomic E-state index is -4.67. The van der Waals surface area contributed by atoms with E-state index in [1.54, 1.807) is 0 Å². The third-order valence-corrected chi connectivity index (χ3v) is 2.16. The zero-order valence-electron chi connectivity index (χ0n) is 12.7. The maximum Gasteiger partial charge on any atom is 0.407 e. The fourth-order valence-electron chi connectivity index (χ4n) is 1.41. The highest BCUT2D eigenvalue weighted by molar-refractivity contribution is 7.79. The molecule has 9 heteroatoms. The van der Waals surface area contributed by atoms with Crippen molar-refractivity contribution in [2.75, 3.05) is 0 Å². The summed E-state index contributed by atoms with van der Waals surface area (Å²) in [5.74, 6) is 0. The van der Waals surface area contributed by atoms with E-state index >= 15 is 0 Å². The van der Waals surface area contributed by atoms with Crippen LogP contribution in [0.25, 0.3) is 0 Å². The molecule has 0 unspecified atom stereocenters. The fraction of sp³-hybridized carbons (Fsp3) is 0.462. The van der Waals surface area contributed by atoms with Crippen LogP contribution >= 0.6 is 0 Å². The number of hydrogen-bond donors (Lipinski definition) is 4. The van der Waals surface area contributed by atoms with E-state index in [0.29, 0.717) is 13.1 Å². The van der Waals surface area contributed by atoms with Gasteiger partial charge in [0.1, 0.15) is 5.60 Å². The van der Waals surface area contributed by atoms with Crippen LogP contribution in [0.2, 0.25) is 0 Å². The van der Waals surface area contributed by atoms with Crippen LogP contribution in [0.3, 0.4) is 0 Å². The average Bonchev–Trinajstić information content (AvgIpc) is 2.32. The normalized spacial score (nSPS) is 11.2. The summed E-state index contributed by atoms with van der Waals surface area (Å²) < 4.78 is 36.7. The fourth-order valence-corrected chi connectivity index (χ4v) is 1.41. The van der Waals surface area contributed by atoms with Crippen LogP contribution in [-0.2, 0) is 28.2 Å². The molecule has 0 aromatic heterocycles. The molecule has 0 atom stereocenters. The van der Waals surface area contributed by atoms with Crippen molar-refractivity contribution in [2.45, 2.75) is 39.5 Å². The molecule has 0 heterocycles. The Bertz CT molecular complexity index is 578. The maximum absolute atomic E-state index is 11.5. The van der Waals surface area contributed by atoms with E-state index in [1.807, 2.05) is 45.0 Å². The van der Waals surface area contributed by atoms with Crippen molar-refractivity contribution < 1.29 is 28.5 Å². The summed E-state index contributed by atoms with van der Waals surface area (Å²) >= 11 is 0. The molecule has 128 valence electrons. The molecule has 0 bridgehead atoms. The third kappa shape index (κ3) is 12.1. The second kappa shape index (κ2) is 8.69. The van der Waals surface area contributed by atoms with Crippen molar-refractivity contribution >= 4 is 16.5 Å². The standard InChI is InChI=1S/C13H20N2O2.H2O4S.H2/c1-13(2,3)17-12(16)15-9-11-7-5-4-6-10(11)8-14;1-5(2,3)4;/h4-7H,8-9,14H2,1-3H3,(H,15,16);(H2,1,2,3,4);1H. The number of benzene rings is 1. The number of nitrogens with two attached hydrogens (primary N) is 1. The molecule has 1 rings (SSSR count). The Kier molecular flexibility index (Phi) is 8.02. The van der Waals surface area contributed by atoms with Crippen LogP contribution in [0.4, 0.5) is 4.79 Å². The Hall–Kier alpha value is -1.68. The molecule has 0 saturated heterocycles. The van der Waals surface area contributed by atoms with Gasteiger partial charge in [0.25, 0.3) is 0 Å². The molecular weight excluding hydrogens is 312 g/mol. The van der Waals surface area contributed by atoms with E-state index in [-0.39, 0.29) is 1.43 Å². The zero-order chi connectivity index (χ0) is 17.4. The summed E-state index contributed by atoms with van der Waals surface area (Å²) in [7, 11) is -4.67. The smallest absolute Gasteiger partial charge is 0.407 e. The lowest BCUT2D eigenvalue weighted by atomic mass is 10.1.